The molecule has 2 aromatic rings. The summed E-state index contributed by atoms with van der Waals surface area (Å²) in [6.45, 7) is 0.00740. The van der Waals surface area contributed by atoms with Crippen molar-refractivity contribution in [1.29, 1.82) is 0 Å². The van der Waals surface area contributed by atoms with Crippen molar-refractivity contribution in [3.8, 4) is 0 Å². The zero-order valence-electron chi connectivity index (χ0n) is 11.3. The van der Waals surface area contributed by atoms with Crippen molar-refractivity contribution >= 4 is 28.3 Å². The molecule has 0 aliphatic carbocycles. The van der Waals surface area contributed by atoms with Crippen molar-refractivity contribution in [2.45, 2.75) is 18.6 Å². The van der Waals surface area contributed by atoms with E-state index in [1.54, 1.807) is 24.3 Å². The van der Waals surface area contributed by atoms with Crippen LogP contribution in [-0.2, 0) is 4.79 Å². The molecule has 1 saturated heterocycles. The Hall–Kier alpha value is -1.79. The fourth-order valence-corrected chi connectivity index (χ4v) is 2.97. The van der Waals surface area contributed by atoms with Gasteiger partial charge in [-0.15, -0.1) is 0 Å². The number of alkyl halides is 3. The number of halogens is 4. The first-order valence-electron chi connectivity index (χ1n) is 6.67. The molecule has 116 valence electrons. The first kappa shape index (κ1) is 15.1. The van der Waals surface area contributed by atoms with Crippen LogP contribution in [0.1, 0.15) is 18.0 Å². The zero-order valence-corrected chi connectivity index (χ0v) is 12.1. The number of rotatable bonds is 2. The van der Waals surface area contributed by atoms with Gasteiger partial charge in [-0.3, -0.25) is 10.2 Å². The van der Waals surface area contributed by atoms with Crippen LogP contribution in [0.5, 0.6) is 0 Å². The molecule has 1 fully saturated rings. The van der Waals surface area contributed by atoms with Gasteiger partial charge in [0, 0.05) is 23.4 Å². The molecule has 0 aromatic heterocycles. The summed E-state index contributed by atoms with van der Waals surface area (Å²) in [5.41, 5.74) is 2.27. The van der Waals surface area contributed by atoms with E-state index in [2.05, 4.69) is 5.43 Å². The molecule has 1 N–H and O–H groups in total. The molecule has 1 heterocycles. The number of amides is 1. The molecular weight excluding hydrogens is 317 g/mol. The van der Waals surface area contributed by atoms with Crippen molar-refractivity contribution in [1.82, 2.24) is 10.4 Å². The Kier molecular flexibility index (Phi) is 3.74. The number of nitrogens with zero attached hydrogens (tertiary/aromatic N) is 1. The minimum Gasteiger partial charge on any atom is -0.288 e. The van der Waals surface area contributed by atoms with Gasteiger partial charge in [0.15, 0.2) is 0 Å². The molecule has 1 unspecified atom stereocenters. The van der Waals surface area contributed by atoms with E-state index in [0.29, 0.717) is 10.8 Å². The van der Waals surface area contributed by atoms with Crippen molar-refractivity contribution in [2.24, 2.45) is 0 Å². The highest BCUT2D eigenvalue weighted by atomic mass is 35.5. The number of carbonyl (C=O) groups is 1. The summed E-state index contributed by atoms with van der Waals surface area (Å²) in [4.78, 5) is 11.2. The molecule has 1 atom stereocenters. The van der Waals surface area contributed by atoms with Gasteiger partial charge in [-0.2, -0.15) is 13.2 Å². The van der Waals surface area contributed by atoms with Crippen molar-refractivity contribution < 1.29 is 18.0 Å². The molecule has 3 rings (SSSR count). The Balaban J connectivity index is 2.10. The minimum absolute atomic E-state index is 0.00740. The predicted molar refractivity (Wildman–Crippen MR) is 77.2 cm³/mol. The number of nitrogens with one attached hydrogen (secondary N) is 1. The van der Waals surface area contributed by atoms with Gasteiger partial charge in [0.05, 0.1) is 0 Å². The van der Waals surface area contributed by atoms with Gasteiger partial charge < -0.3 is 0 Å². The van der Waals surface area contributed by atoms with Crippen LogP contribution in [0.25, 0.3) is 10.8 Å². The lowest BCUT2D eigenvalue weighted by Gasteiger charge is -2.29. The van der Waals surface area contributed by atoms with Gasteiger partial charge in [-0.1, -0.05) is 35.9 Å². The maximum atomic E-state index is 13.5. The van der Waals surface area contributed by atoms with Gasteiger partial charge in [0.25, 0.3) is 0 Å². The third-order valence-corrected chi connectivity index (χ3v) is 3.93. The van der Waals surface area contributed by atoms with Crippen LogP contribution in [0.4, 0.5) is 13.2 Å². The zero-order chi connectivity index (χ0) is 15.9. The number of carbonyl (C=O) groups excluding carboxylic acids is 1. The molecule has 1 aliphatic rings. The maximum absolute atomic E-state index is 13.5. The molecule has 22 heavy (non-hydrogen) atoms. The topological polar surface area (TPSA) is 32.3 Å². The number of hydrogen-bond donors (Lipinski definition) is 1. The van der Waals surface area contributed by atoms with Gasteiger partial charge in [0.2, 0.25) is 5.91 Å². The molecule has 7 heteroatoms. The van der Waals surface area contributed by atoms with Gasteiger partial charge in [0.1, 0.15) is 6.04 Å². The van der Waals surface area contributed by atoms with Gasteiger partial charge in [-0.25, -0.2) is 5.01 Å². The molecule has 0 saturated carbocycles. The second kappa shape index (κ2) is 5.44. The summed E-state index contributed by atoms with van der Waals surface area (Å²) in [5.74, 6) is -0.416. The highest BCUT2D eigenvalue weighted by molar-refractivity contribution is 6.35. The van der Waals surface area contributed by atoms with Crippen LogP contribution in [0.15, 0.2) is 36.4 Å². The number of hydrogen-bond acceptors (Lipinski definition) is 2. The quantitative estimate of drug-likeness (QED) is 0.908. The van der Waals surface area contributed by atoms with Crippen LogP contribution in [0.3, 0.4) is 0 Å². The van der Waals surface area contributed by atoms with Gasteiger partial charge >= 0.3 is 6.18 Å². The first-order valence-corrected chi connectivity index (χ1v) is 7.05. The smallest absolute Gasteiger partial charge is 0.288 e. The van der Waals surface area contributed by atoms with E-state index in [4.69, 9.17) is 11.6 Å². The summed E-state index contributed by atoms with van der Waals surface area (Å²) in [6, 6.07) is 7.83. The summed E-state index contributed by atoms with van der Waals surface area (Å²) < 4.78 is 40.4. The minimum atomic E-state index is -4.52. The fraction of sp³-hybridized carbons (Fsp3) is 0.267. The van der Waals surface area contributed by atoms with Crippen molar-refractivity contribution in [3.63, 3.8) is 0 Å². The monoisotopic (exact) mass is 328 g/mol. The van der Waals surface area contributed by atoms with Crippen molar-refractivity contribution in [2.75, 3.05) is 6.54 Å². The molecule has 0 spiro atoms. The Labute approximate surface area is 129 Å². The summed E-state index contributed by atoms with van der Waals surface area (Å²) in [5, 5.41) is 2.50. The van der Waals surface area contributed by atoms with E-state index in [9.17, 15) is 18.0 Å². The number of hydrazine groups is 1. The average molecular weight is 329 g/mol. The van der Waals surface area contributed by atoms with Crippen LogP contribution in [0, 0.1) is 0 Å². The second-order valence-electron chi connectivity index (χ2n) is 5.15. The average Bonchev–Trinajstić information content (AvgIpc) is 2.83. The van der Waals surface area contributed by atoms with Crippen LogP contribution >= 0.6 is 11.6 Å². The third-order valence-electron chi connectivity index (χ3n) is 3.62. The van der Waals surface area contributed by atoms with E-state index in [1.807, 2.05) is 0 Å². The first-order chi connectivity index (χ1) is 10.4. The molecule has 1 amide bonds. The Morgan fingerprint density at radius 1 is 1.23 bits per heavy atom. The number of fused-ring (bicyclic) bond motifs is 1. The van der Waals surface area contributed by atoms with E-state index in [-0.39, 0.29) is 23.6 Å². The van der Waals surface area contributed by atoms with Gasteiger partial charge in [-0.05, 0) is 23.1 Å². The van der Waals surface area contributed by atoms with Crippen LogP contribution in [0.2, 0.25) is 5.02 Å². The lowest BCUT2D eigenvalue weighted by molar-refractivity contribution is -0.191. The van der Waals surface area contributed by atoms with Crippen LogP contribution < -0.4 is 5.43 Å². The largest absolute Gasteiger partial charge is 0.409 e. The predicted octanol–water partition coefficient (Wildman–Crippen LogP) is 3.83. The summed E-state index contributed by atoms with van der Waals surface area (Å²) in [6.07, 6.45) is -4.47. The Bertz CT molecular complexity index is 732. The van der Waals surface area contributed by atoms with Crippen LogP contribution in [-0.4, -0.2) is 23.6 Å². The standard InChI is InChI=1S/C15H12ClF3N2O/c16-12-8-10(7-9-3-1-2-4-11(9)12)14(15(17,18)19)21-6-5-13(22)20-21/h1-4,7-8,14H,5-6H2,(H,20,22). The van der Waals surface area contributed by atoms with E-state index >= 15 is 0 Å². The highest BCUT2D eigenvalue weighted by Crippen LogP contribution is 2.40. The Morgan fingerprint density at radius 3 is 2.59 bits per heavy atom. The Morgan fingerprint density at radius 2 is 1.95 bits per heavy atom. The molecule has 0 bridgehead atoms. The van der Waals surface area contributed by atoms with Crippen molar-refractivity contribution in [3.05, 3.63) is 47.0 Å². The lowest BCUT2D eigenvalue weighted by atomic mass is 10.0. The van der Waals surface area contributed by atoms with E-state index in [1.165, 1.54) is 12.1 Å². The SMILES string of the molecule is O=C1CCN(C(c2cc(Cl)c3ccccc3c2)C(F)(F)F)N1. The normalized spacial score (nSPS) is 17.7. The maximum Gasteiger partial charge on any atom is 0.409 e. The molecule has 2 aromatic carbocycles. The fourth-order valence-electron chi connectivity index (χ4n) is 2.68. The molecule has 1 aliphatic heterocycles. The molecule has 0 radical (unpaired) electrons. The summed E-state index contributed by atoms with van der Waals surface area (Å²) in [7, 11) is 0. The lowest BCUT2D eigenvalue weighted by Crippen LogP contribution is -2.43. The highest BCUT2D eigenvalue weighted by Gasteiger charge is 2.47. The molecular formula is C15H12ClF3N2O. The van der Waals surface area contributed by atoms with E-state index < -0.39 is 18.1 Å². The summed E-state index contributed by atoms with van der Waals surface area (Å²) >= 11 is 6.12. The second-order valence-corrected chi connectivity index (χ2v) is 5.55. The van der Waals surface area contributed by atoms with E-state index in [0.717, 1.165) is 5.01 Å². The molecule has 3 nitrogen and oxygen atoms in total. The third kappa shape index (κ3) is 2.76. The number of benzene rings is 2.